The Morgan fingerprint density at radius 1 is 1.08 bits per heavy atom. The number of sulfonamides is 1. The molecule has 3 rings (SSSR count). The zero-order valence-corrected chi connectivity index (χ0v) is 15.0. The fourth-order valence-electron chi connectivity index (χ4n) is 3.00. The smallest absolute Gasteiger partial charge is 0.240 e. The highest BCUT2D eigenvalue weighted by molar-refractivity contribution is 7.89. The summed E-state index contributed by atoms with van der Waals surface area (Å²) in [6.45, 7) is 0.388. The number of hydrogen-bond acceptors (Lipinski definition) is 4. The molecule has 0 saturated heterocycles. The lowest BCUT2D eigenvalue weighted by molar-refractivity contribution is 0.210. The minimum atomic E-state index is -3.48. The van der Waals surface area contributed by atoms with Crippen LogP contribution < -0.4 is 9.46 Å². The summed E-state index contributed by atoms with van der Waals surface area (Å²) >= 11 is 0. The average Bonchev–Trinajstić information content (AvgIpc) is 3.13. The lowest BCUT2D eigenvalue weighted by atomic mass is 10.2. The van der Waals surface area contributed by atoms with Gasteiger partial charge in [-0.25, -0.2) is 13.1 Å². The first-order chi connectivity index (χ1) is 12.1. The summed E-state index contributed by atoms with van der Waals surface area (Å²) in [6, 6.07) is 12.4. The highest BCUT2D eigenvalue weighted by Crippen LogP contribution is 2.24. The van der Waals surface area contributed by atoms with Crippen LogP contribution in [0.15, 0.2) is 53.6 Å². The van der Waals surface area contributed by atoms with Crippen LogP contribution in [0.2, 0.25) is 0 Å². The van der Waals surface area contributed by atoms with E-state index in [1.165, 1.54) is 12.8 Å². The number of nitrogens with one attached hydrogen (secondary N) is 1. The summed E-state index contributed by atoms with van der Waals surface area (Å²) in [7, 11) is -3.48. The van der Waals surface area contributed by atoms with E-state index < -0.39 is 10.0 Å². The molecule has 134 valence electrons. The maximum atomic E-state index is 12.3. The molecule has 1 aromatic heterocycles. The number of hydrogen-bond donors (Lipinski definition) is 1. The number of aryl methyl sites for hydroxylation is 1. The van der Waals surface area contributed by atoms with Crippen molar-refractivity contribution in [3.8, 4) is 5.75 Å². The SMILES string of the molecule is O=S(=O)(NCCCc1ccccn1)c1ccc(OC2CCCC2)cc1. The third-order valence-corrected chi connectivity index (χ3v) is 5.84. The van der Waals surface area contributed by atoms with Crippen molar-refractivity contribution in [1.82, 2.24) is 9.71 Å². The van der Waals surface area contributed by atoms with Crippen LogP contribution in [0.25, 0.3) is 0 Å². The largest absolute Gasteiger partial charge is 0.490 e. The highest BCUT2D eigenvalue weighted by atomic mass is 32.2. The second-order valence-electron chi connectivity index (χ2n) is 6.32. The van der Waals surface area contributed by atoms with E-state index in [2.05, 4.69) is 9.71 Å². The van der Waals surface area contributed by atoms with Crippen molar-refractivity contribution >= 4 is 10.0 Å². The van der Waals surface area contributed by atoms with Crippen LogP contribution in [0.5, 0.6) is 5.75 Å². The van der Waals surface area contributed by atoms with Crippen LogP contribution in [-0.2, 0) is 16.4 Å². The molecule has 5 nitrogen and oxygen atoms in total. The van der Waals surface area contributed by atoms with Gasteiger partial charge in [-0.05, 0) is 74.9 Å². The van der Waals surface area contributed by atoms with E-state index in [9.17, 15) is 8.42 Å². The molecule has 1 aromatic carbocycles. The Morgan fingerprint density at radius 2 is 1.84 bits per heavy atom. The van der Waals surface area contributed by atoms with E-state index >= 15 is 0 Å². The maximum Gasteiger partial charge on any atom is 0.240 e. The second-order valence-corrected chi connectivity index (χ2v) is 8.09. The number of rotatable bonds is 8. The molecule has 0 bridgehead atoms. The average molecular weight is 360 g/mol. The minimum absolute atomic E-state index is 0.268. The van der Waals surface area contributed by atoms with Crippen LogP contribution in [0.3, 0.4) is 0 Å². The van der Waals surface area contributed by atoms with Crippen molar-refractivity contribution in [1.29, 1.82) is 0 Å². The predicted octanol–water partition coefficient (Wildman–Crippen LogP) is 3.31. The molecule has 0 amide bonds. The van der Waals surface area contributed by atoms with Gasteiger partial charge in [-0.15, -0.1) is 0 Å². The third-order valence-electron chi connectivity index (χ3n) is 4.37. The molecule has 1 saturated carbocycles. The molecule has 0 unspecified atom stereocenters. The fraction of sp³-hybridized carbons (Fsp3) is 0.421. The van der Waals surface area contributed by atoms with E-state index in [0.717, 1.165) is 30.7 Å². The van der Waals surface area contributed by atoms with E-state index in [4.69, 9.17) is 4.74 Å². The van der Waals surface area contributed by atoms with Gasteiger partial charge in [-0.3, -0.25) is 4.98 Å². The number of aromatic nitrogens is 1. The Morgan fingerprint density at radius 3 is 2.52 bits per heavy atom. The van der Waals surface area contributed by atoms with Gasteiger partial charge in [0, 0.05) is 18.4 Å². The van der Waals surface area contributed by atoms with Gasteiger partial charge in [0.25, 0.3) is 0 Å². The van der Waals surface area contributed by atoms with Gasteiger partial charge in [-0.2, -0.15) is 0 Å². The quantitative estimate of drug-likeness (QED) is 0.733. The predicted molar refractivity (Wildman–Crippen MR) is 97.1 cm³/mol. The number of ether oxygens (including phenoxy) is 1. The van der Waals surface area contributed by atoms with Gasteiger partial charge in [0.1, 0.15) is 5.75 Å². The van der Waals surface area contributed by atoms with Crippen LogP contribution >= 0.6 is 0 Å². The first-order valence-electron chi connectivity index (χ1n) is 8.80. The highest BCUT2D eigenvalue weighted by Gasteiger charge is 2.17. The molecule has 0 atom stereocenters. The molecule has 1 fully saturated rings. The van der Waals surface area contributed by atoms with Crippen molar-refractivity contribution < 1.29 is 13.2 Å². The van der Waals surface area contributed by atoms with Gasteiger partial charge in [0.05, 0.1) is 11.0 Å². The molecule has 2 aromatic rings. The topological polar surface area (TPSA) is 68.3 Å². The van der Waals surface area contributed by atoms with Crippen molar-refractivity contribution in [2.24, 2.45) is 0 Å². The van der Waals surface area contributed by atoms with Gasteiger partial charge >= 0.3 is 0 Å². The van der Waals surface area contributed by atoms with Crippen molar-refractivity contribution in [3.05, 3.63) is 54.4 Å². The fourth-order valence-corrected chi connectivity index (χ4v) is 4.08. The van der Waals surface area contributed by atoms with Crippen molar-refractivity contribution in [2.75, 3.05) is 6.54 Å². The molecule has 6 heteroatoms. The zero-order chi connectivity index (χ0) is 17.5. The van der Waals surface area contributed by atoms with Crippen molar-refractivity contribution in [3.63, 3.8) is 0 Å². The first-order valence-corrected chi connectivity index (χ1v) is 10.3. The summed E-state index contributed by atoms with van der Waals surface area (Å²) in [5.74, 6) is 0.737. The molecule has 0 spiro atoms. The standard InChI is InChI=1S/C19H24N2O3S/c22-25(23,21-15-5-7-16-6-3-4-14-20-16)19-12-10-18(11-13-19)24-17-8-1-2-9-17/h3-4,6,10-14,17,21H,1-2,5,7-9,15H2. The summed E-state index contributed by atoms with van der Waals surface area (Å²) in [5, 5.41) is 0. The maximum absolute atomic E-state index is 12.3. The summed E-state index contributed by atoms with van der Waals surface area (Å²) < 4.78 is 33.2. The Bertz CT molecular complexity index is 755. The first kappa shape index (κ1) is 17.9. The second kappa shape index (κ2) is 8.45. The molecular formula is C19H24N2O3S. The Labute approximate surface area is 149 Å². The molecule has 0 radical (unpaired) electrons. The van der Waals surface area contributed by atoms with Crippen LogP contribution in [-0.4, -0.2) is 26.1 Å². The molecule has 1 aliphatic rings. The monoisotopic (exact) mass is 360 g/mol. The Hall–Kier alpha value is -1.92. The number of nitrogens with zero attached hydrogens (tertiary/aromatic N) is 1. The van der Waals surface area contributed by atoms with E-state index in [1.54, 1.807) is 30.5 Å². The van der Waals surface area contributed by atoms with Crippen molar-refractivity contribution in [2.45, 2.75) is 49.5 Å². The minimum Gasteiger partial charge on any atom is -0.490 e. The van der Waals surface area contributed by atoms with Gasteiger partial charge < -0.3 is 4.74 Å². The van der Waals surface area contributed by atoms with E-state index in [0.29, 0.717) is 13.0 Å². The van der Waals surface area contributed by atoms with Gasteiger partial charge in [-0.1, -0.05) is 6.07 Å². The molecule has 1 aliphatic carbocycles. The zero-order valence-electron chi connectivity index (χ0n) is 14.2. The van der Waals surface area contributed by atoms with Crippen LogP contribution in [0.4, 0.5) is 0 Å². The summed E-state index contributed by atoms with van der Waals surface area (Å²) in [6.07, 6.45) is 8.05. The lowest BCUT2D eigenvalue weighted by Crippen LogP contribution is -2.25. The normalized spacial score (nSPS) is 15.4. The van der Waals surface area contributed by atoms with Gasteiger partial charge in [0.15, 0.2) is 0 Å². The van der Waals surface area contributed by atoms with Crippen LogP contribution in [0, 0.1) is 0 Å². The van der Waals surface area contributed by atoms with Gasteiger partial charge in [0.2, 0.25) is 10.0 Å². The number of pyridine rings is 1. The van der Waals surface area contributed by atoms with E-state index in [1.807, 2.05) is 18.2 Å². The molecule has 25 heavy (non-hydrogen) atoms. The Balaban J connectivity index is 1.49. The summed E-state index contributed by atoms with van der Waals surface area (Å²) in [5.41, 5.74) is 0.968. The van der Waals surface area contributed by atoms with E-state index in [-0.39, 0.29) is 11.0 Å². The van der Waals surface area contributed by atoms with Crippen LogP contribution in [0.1, 0.15) is 37.8 Å². The summed E-state index contributed by atoms with van der Waals surface area (Å²) in [4.78, 5) is 4.50. The molecule has 1 heterocycles. The molecule has 0 aliphatic heterocycles. The third kappa shape index (κ3) is 5.28. The molecular weight excluding hydrogens is 336 g/mol. The Kier molecular flexibility index (Phi) is 6.04. The number of benzene rings is 1. The molecule has 1 N–H and O–H groups in total. The lowest BCUT2D eigenvalue weighted by Gasteiger charge is -2.13.